The molecule has 1 heterocycles. The van der Waals surface area contributed by atoms with Gasteiger partial charge in [-0.15, -0.1) is 0 Å². The molecule has 0 unspecified atom stereocenters. The van der Waals surface area contributed by atoms with Gasteiger partial charge in [-0.05, 0) is 23.1 Å². The van der Waals surface area contributed by atoms with Crippen molar-refractivity contribution in [2.24, 2.45) is 0 Å². The third-order valence-electron chi connectivity index (χ3n) is 2.78. The first-order valence-electron chi connectivity index (χ1n) is 5.37. The molecular formula is C12H15NO3S. The van der Waals surface area contributed by atoms with Crippen LogP contribution in [0.3, 0.4) is 0 Å². The second-order valence-electron chi connectivity index (χ2n) is 5.27. The smallest absolute Gasteiger partial charge is 0.239 e. The predicted octanol–water partition coefficient (Wildman–Crippen LogP) is 1.71. The van der Waals surface area contributed by atoms with E-state index in [0.717, 1.165) is 5.56 Å². The molecule has 0 saturated heterocycles. The third kappa shape index (κ3) is 2.20. The molecule has 0 bridgehead atoms. The minimum Gasteiger partial charge on any atom is -0.324 e. The van der Waals surface area contributed by atoms with Crippen molar-refractivity contribution < 1.29 is 13.2 Å². The molecule has 1 aromatic carbocycles. The fraction of sp³-hybridized carbons (Fsp3) is 0.417. The van der Waals surface area contributed by atoms with Crippen LogP contribution < -0.4 is 5.32 Å². The van der Waals surface area contributed by atoms with Gasteiger partial charge in [0.2, 0.25) is 5.91 Å². The fourth-order valence-electron chi connectivity index (χ4n) is 1.80. The summed E-state index contributed by atoms with van der Waals surface area (Å²) in [7, 11) is -3.47. The number of hydrogen-bond donors (Lipinski definition) is 1. The summed E-state index contributed by atoms with van der Waals surface area (Å²) in [4.78, 5) is 11.5. The minimum absolute atomic E-state index is 0.0824. The summed E-state index contributed by atoms with van der Waals surface area (Å²) in [5.74, 6) is -0.932. The third-order valence-corrected chi connectivity index (χ3v) is 4.44. The Morgan fingerprint density at radius 2 is 1.88 bits per heavy atom. The maximum atomic E-state index is 11.8. The van der Waals surface area contributed by atoms with Crippen molar-refractivity contribution in [3.05, 3.63) is 23.8 Å². The van der Waals surface area contributed by atoms with Crippen LogP contribution in [0.15, 0.2) is 23.1 Å². The average Bonchev–Trinajstić information content (AvgIpc) is 2.13. The van der Waals surface area contributed by atoms with Crippen molar-refractivity contribution >= 4 is 21.4 Å². The zero-order valence-corrected chi connectivity index (χ0v) is 10.9. The van der Waals surface area contributed by atoms with Gasteiger partial charge in [0.05, 0.1) is 10.6 Å². The number of sulfone groups is 1. The summed E-state index contributed by atoms with van der Waals surface area (Å²) in [6, 6.07) is 5.11. The second kappa shape index (κ2) is 3.57. The SMILES string of the molecule is CC(C)(C)c1ccc2c(c1)NC(=O)CS2(=O)=O. The zero-order valence-electron chi connectivity index (χ0n) is 10.1. The molecule has 0 aromatic heterocycles. The Kier molecular flexibility index (Phi) is 2.54. The number of anilines is 1. The van der Waals surface area contributed by atoms with E-state index < -0.39 is 21.5 Å². The van der Waals surface area contributed by atoms with E-state index in [2.05, 4.69) is 5.32 Å². The van der Waals surface area contributed by atoms with Gasteiger partial charge in [-0.25, -0.2) is 8.42 Å². The highest BCUT2D eigenvalue weighted by Gasteiger charge is 2.29. The molecule has 0 aliphatic carbocycles. The molecule has 0 spiro atoms. The quantitative estimate of drug-likeness (QED) is 0.765. The lowest BCUT2D eigenvalue weighted by Gasteiger charge is -2.23. The van der Waals surface area contributed by atoms with E-state index in [0.29, 0.717) is 5.69 Å². The first-order valence-corrected chi connectivity index (χ1v) is 7.02. The van der Waals surface area contributed by atoms with Crippen molar-refractivity contribution in [3.8, 4) is 0 Å². The van der Waals surface area contributed by atoms with Crippen LogP contribution in [0, 0.1) is 0 Å². The van der Waals surface area contributed by atoms with Crippen LogP contribution in [0.25, 0.3) is 0 Å². The summed E-state index contributed by atoms with van der Waals surface area (Å²) in [5, 5.41) is 2.61. The topological polar surface area (TPSA) is 63.2 Å². The monoisotopic (exact) mass is 253 g/mol. The Balaban J connectivity index is 2.61. The maximum Gasteiger partial charge on any atom is 0.239 e. The van der Waals surface area contributed by atoms with Crippen LogP contribution in [0.1, 0.15) is 26.3 Å². The highest BCUT2D eigenvalue weighted by atomic mass is 32.2. The molecule has 1 amide bonds. The molecule has 0 atom stereocenters. The van der Waals surface area contributed by atoms with Crippen LogP contribution in [0.2, 0.25) is 0 Å². The van der Waals surface area contributed by atoms with E-state index in [-0.39, 0.29) is 10.3 Å². The van der Waals surface area contributed by atoms with Crippen molar-refractivity contribution in [1.82, 2.24) is 0 Å². The molecule has 92 valence electrons. The normalized spacial score (nSPS) is 18.4. The second-order valence-corrected chi connectivity index (χ2v) is 7.23. The number of amides is 1. The number of carbonyl (C=O) groups excluding carboxylic acids is 1. The number of rotatable bonds is 0. The first-order chi connectivity index (χ1) is 7.70. The van der Waals surface area contributed by atoms with Crippen LogP contribution >= 0.6 is 0 Å². The largest absolute Gasteiger partial charge is 0.324 e. The van der Waals surface area contributed by atoms with Gasteiger partial charge in [-0.2, -0.15) is 0 Å². The average molecular weight is 253 g/mol. The lowest BCUT2D eigenvalue weighted by atomic mass is 9.87. The minimum atomic E-state index is -3.47. The van der Waals surface area contributed by atoms with Crippen molar-refractivity contribution in [1.29, 1.82) is 0 Å². The van der Waals surface area contributed by atoms with E-state index >= 15 is 0 Å². The maximum absolute atomic E-state index is 11.8. The van der Waals surface area contributed by atoms with E-state index in [4.69, 9.17) is 0 Å². The molecule has 1 aliphatic rings. The zero-order chi connectivity index (χ0) is 12.8. The molecule has 0 saturated carbocycles. The van der Waals surface area contributed by atoms with Crippen LogP contribution in [0.5, 0.6) is 0 Å². The summed E-state index contributed by atoms with van der Waals surface area (Å²) in [6.45, 7) is 6.11. The number of hydrogen-bond acceptors (Lipinski definition) is 3. The molecule has 2 rings (SSSR count). The van der Waals surface area contributed by atoms with Crippen LogP contribution in [-0.4, -0.2) is 20.1 Å². The number of carbonyl (C=O) groups is 1. The highest BCUT2D eigenvalue weighted by Crippen LogP contribution is 2.32. The molecule has 5 heteroatoms. The van der Waals surface area contributed by atoms with Crippen molar-refractivity contribution in [3.63, 3.8) is 0 Å². The lowest BCUT2D eigenvalue weighted by Crippen LogP contribution is -2.29. The lowest BCUT2D eigenvalue weighted by molar-refractivity contribution is -0.114. The van der Waals surface area contributed by atoms with Crippen molar-refractivity contribution in [2.45, 2.75) is 31.1 Å². The molecule has 0 fully saturated rings. The molecule has 0 radical (unpaired) electrons. The molecule has 1 N–H and O–H groups in total. The molecule has 4 nitrogen and oxygen atoms in total. The standard InChI is InChI=1S/C12H15NO3S/c1-12(2,3)8-4-5-10-9(6-8)13-11(14)7-17(10,15)16/h4-6H,7H2,1-3H3,(H,13,14). The van der Waals surface area contributed by atoms with Gasteiger partial charge in [0.1, 0.15) is 5.75 Å². The number of benzene rings is 1. The van der Waals surface area contributed by atoms with Gasteiger partial charge in [0.15, 0.2) is 9.84 Å². The molecular weight excluding hydrogens is 238 g/mol. The summed E-state index contributed by atoms with van der Waals surface area (Å²) in [6.07, 6.45) is 0. The van der Waals surface area contributed by atoms with E-state index in [1.165, 1.54) is 0 Å². The van der Waals surface area contributed by atoms with E-state index in [1.54, 1.807) is 18.2 Å². The van der Waals surface area contributed by atoms with Gasteiger partial charge < -0.3 is 5.32 Å². The van der Waals surface area contributed by atoms with Gasteiger partial charge in [-0.1, -0.05) is 26.8 Å². The van der Waals surface area contributed by atoms with Gasteiger partial charge >= 0.3 is 0 Å². The molecule has 1 aromatic rings. The number of nitrogens with one attached hydrogen (secondary N) is 1. The highest BCUT2D eigenvalue weighted by molar-refractivity contribution is 7.92. The summed E-state index contributed by atoms with van der Waals surface area (Å²) >= 11 is 0. The Bertz CT molecular complexity index is 582. The van der Waals surface area contributed by atoms with E-state index in [9.17, 15) is 13.2 Å². The first kappa shape index (κ1) is 12.1. The number of fused-ring (bicyclic) bond motifs is 1. The van der Waals surface area contributed by atoms with Crippen LogP contribution in [0.4, 0.5) is 5.69 Å². The molecule has 1 aliphatic heterocycles. The fourth-order valence-corrected chi connectivity index (χ4v) is 3.10. The van der Waals surface area contributed by atoms with Gasteiger partial charge in [0, 0.05) is 0 Å². The predicted molar refractivity (Wildman–Crippen MR) is 65.8 cm³/mol. The van der Waals surface area contributed by atoms with Crippen molar-refractivity contribution in [2.75, 3.05) is 11.1 Å². The Labute approximate surface area is 101 Å². The van der Waals surface area contributed by atoms with Gasteiger partial charge in [0.25, 0.3) is 0 Å². The van der Waals surface area contributed by atoms with Gasteiger partial charge in [-0.3, -0.25) is 4.79 Å². The summed E-state index contributed by atoms with van der Waals surface area (Å²) in [5.41, 5.74) is 1.31. The Hall–Kier alpha value is -1.36. The Morgan fingerprint density at radius 1 is 1.24 bits per heavy atom. The summed E-state index contributed by atoms with van der Waals surface area (Å²) < 4.78 is 23.6. The van der Waals surface area contributed by atoms with E-state index in [1.807, 2.05) is 20.8 Å². The Morgan fingerprint density at radius 3 is 2.47 bits per heavy atom. The molecule has 17 heavy (non-hydrogen) atoms. The van der Waals surface area contributed by atoms with Crippen LogP contribution in [-0.2, 0) is 20.0 Å².